The van der Waals surface area contributed by atoms with Crippen LogP contribution < -0.4 is 10.1 Å². The van der Waals surface area contributed by atoms with Gasteiger partial charge in [-0.05, 0) is 49.2 Å². The van der Waals surface area contributed by atoms with Gasteiger partial charge in [0.05, 0.1) is 32.8 Å². The van der Waals surface area contributed by atoms with Crippen molar-refractivity contribution in [2.75, 3.05) is 44.8 Å². The Morgan fingerprint density at radius 2 is 1.82 bits per heavy atom. The van der Waals surface area contributed by atoms with Gasteiger partial charge in [-0.25, -0.2) is 0 Å². The molecule has 4 rings (SSSR count). The van der Waals surface area contributed by atoms with Crippen LogP contribution in [0.5, 0.6) is 5.75 Å². The number of benzene rings is 2. The van der Waals surface area contributed by atoms with Crippen LogP contribution in [0, 0.1) is 11.3 Å². The Balaban J connectivity index is 0.00000324. The Labute approximate surface area is 205 Å². The summed E-state index contributed by atoms with van der Waals surface area (Å²) in [5.74, 6) is 0.830. The van der Waals surface area contributed by atoms with E-state index < -0.39 is 0 Å². The van der Waals surface area contributed by atoms with Gasteiger partial charge in [-0.15, -0.1) is 12.4 Å². The first-order valence-corrected chi connectivity index (χ1v) is 11.3. The van der Waals surface area contributed by atoms with E-state index in [1.54, 1.807) is 31.2 Å². The lowest BCUT2D eigenvalue weighted by molar-refractivity contribution is -0.144. The number of hydrogen-bond donors (Lipinski definition) is 2. The maximum Gasteiger partial charge on any atom is 0.306 e. The number of halogens is 1. The molecule has 2 N–H and O–H groups in total. The van der Waals surface area contributed by atoms with Crippen molar-refractivity contribution < 1.29 is 23.8 Å². The molecule has 1 saturated heterocycles. The molecule has 0 aromatic heterocycles. The third-order valence-corrected chi connectivity index (χ3v) is 5.81. The molecule has 1 atom stereocenters. The zero-order valence-electron chi connectivity index (χ0n) is 19.2. The molecule has 2 aliphatic rings. The van der Waals surface area contributed by atoms with Gasteiger partial charge in [0.25, 0.3) is 5.91 Å². The van der Waals surface area contributed by atoms with Gasteiger partial charge in [0.15, 0.2) is 0 Å². The molecule has 0 unspecified atom stereocenters. The highest BCUT2D eigenvalue weighted by molar-refractivity contribution is 6.05. The number of amidine groups is 1. The number of ether oxygens (including phenoxy) is 3. The van der Waals surface area contributed by atoms with E-state index in [1.807, 2.05) is 23.1 Å². The Hall–Kier alpha value is -3.10. The second kappa shape index (κ2) is 11.9. The molecule has 8 nitrogen and oxygen atoms in total. The van der Waals surface area contributed by atoms with Crippen molar-refractivity contribution in [2.24, 2.45) is 5.92 Å². The summed E-state index contributed by atoms with van der Waals surface area (Å²) in [6.45, 7) is 5.28. The number of nitrogens with zero attached hydrogens (tertiary/aromatic N) is 1. The molecule has 0 radical (unpaired) electrons. The molecule has 34 heavy (non-hydrogen) atoms. The number of carbonyl (C=O) groups excluding carboxylic acids is 2. The fourth-order valence-electron chi connectivity index (χ4n) is 4.07. The van der Waals surface area contributed by atoms with Gasteiger partial charge >= 0.3 is 5.97 Å². The molecule has 182 valence electrons. The highest BCUT2D eigenvalue weighted by Crippen LogP contribution is 2.31. The van der Waals surface area contributed by atoms with E-state index in [9.17, 15) is 9.59 Å². The number of carbonyl (C=O) groups is 2. The number of esters is 1. The summed E-state index contributed by atoms with van der Waals surface area (Å²) >= 11 is 0. The first kappa shape index (κ1) is 25.5. The van der Waals surface area contributed by atoms with Crippen molar-refractivity contribution in [1.29, 1.82) is 5.41 Å². The predicted molar refractivity (Wildman–Crippen MR) is 131 cm³/mol. The Morgan fingerprint density at radius 1 is 1.12 bits per heavy atom. The van der Waals surface area contributed by atoms with Gasteiger partial charge in [0.1, 0.15) is 11.6 Å². The van der Waals surface area contributed by atoms with E-state index in [2.05, 4.69) is 5.32 Å². The van der Waals surface area contributed by atoms with Crippen molar-refractivity contribution in [1.82, 2.24) is 4.90 Å². The third kappa shape index (κ3) is 6.27. The van der Waals surface area contributed by atoms with Crippen LogP contribution in [-0.2, 0) is 20.7 Å². The molecular weight excluding hydrogens is 458 g/mol. The number of fused-ring (bicyclic) bond motifs is 1. The highest BCUT2D eigenvalue weighted by atomic mass is 35.5. The van der Waals surface area contributed by atoms with Crippen molar-refractivity contribution >= 4 is 35.8 Å². The largest absolute Gasteiger partial charge is 0.493 e. The first-order chi connectivity index (χ1) is 16.0. The van der Waals surface area contributed by atoms with Crippen LogP contribution in [0.2, 0.25) is 0 Å². The second-order valence-electron chi connectivity index (χ2n) is 8.19. The summed E-state index contributed by atoms with van der Waals surface area (Å²) < 4.78 is 16.2. The summed E-state index contributed by atoms with van der Waals surface area (Å²) in [4.78, 5) is 26.5. The first-order valence-electron chi connectivity index (χ1n) is 11.3. The van der Waals surface area contributed by atoms with Gasteiger partial charge < -0.3 is 24.4 Å². The minimum absolute atomic E-state index is 0. The molecule has 0 spiro atoms. The number of nitrogens with one attached hydrogen (secondary N) is 2. The molecule has 0 saturated carbocycles. The third-order valence-electron chi connectivity index (χ3n) is 5.81. The minimum atomic E-state index is -0.223. The number of amides is 1. The lowest BCUT2D eigenvalue weighted by Crippen LogP contribution is -2.40. The number of rotatable bonds is 6. The monoisotopic (exact) mass is 487 g/mol. The van der Waals surface area contributed by atoms with E-state index in [0.29, 0.717) is 69.4 Å². The van der Waals surface area contributed by atoms with Crippen LogP contribution in [0.1, 0.15) is 34.8 Å². The summed E-state index contributed by atoms with van der Waals surface area (Å²) in [5, 5.41) is 11.3. The smallest absolute Gasteiger partial charge is 0.306 e. The highest BCUT2D eigenvalue weighted by Gasteiger charge is 2.23. The molecule has 2 heterocycles. The molecule has 1 fully saturated rings. The van der Waals surface area contributed by atoms with Crippen LogP contribution in [0.15, 0.2) is 42.5 Å². The van der Waals surface area contributed by atoms with Crippen molar-refractivity contribution in [3.63, 3.8) is 0 Å². The summed E-state index contributed by atoms with van der Waals surface area (Å²) in [7, 11) is 0. The van der Waals surface area contributed by atoms with Crippen LogP contribution in [0.4, 0.5) is 5.69 Å². The van der Waals surface area contributed by atoms with Crippen molar-refractivity contribution in [2.45, 2.75) is 19.8 Å². The van der Waals surface area contributed by atoms with Crippen molar-refractivity contribution in [3.8, 4) is 5.75 Å². The molecule has 9 heteroatoms. The lowest BCUT2D eigenvalue weighted by atomic mass is 9.93. The zero-order valence-corrected chi connectivity index (χ0v) is 20.0. The zero-order chi connectivity index (χ0) is 23.2. The second-order valence-corrected chi connectivity index (χ2v) is 8.19. The van der Waals surface area contributed by atoms with Crippen LogP contribution >= 0.6 is 12.4 Å². The van der Waals surface area contributed by atoms with E-state index in [0.717, 1.165) is 16.9 Å². The van der Waals surface area contributed by atoms with E-state index >= 15 is 0 Å². The van der Waals surface area contributed by atoms with Crippen LogP contribution in [-0.4, -0.2) is 62.1 Å². The average molecular weight is 488 g/mol. The lowest BCUT2D eigenvalue weighted by Gasteiger charge is -2.29. The summed E-state index contributed by atoms with van der Waals surface area (Å²) in [6, 6.07) is 12.6. The maximum atomic E-state index is 12.8. The SMILES string of the molecule is CCOC(=O)C[C@H]1COc2ccc(NC(=O)c3ccc(C(=N)N4CCOCC4)cc3)cc2C1.Cl. The Morgan fingerprint density at radius 3 is 2.53 bits per heavy atom. The molecule has 1 amide bonds. The minimum Gasteiger partial charge on any atom is -0.493 e. The maximum absolute atomic E-state index is 12.8. The number of morpholine rings is 1. The van der Waals surface area contributed by atoms with Gasteiger partial charge in [-0.1, -0.05) is 12.1 Å². The van der Waals surface area contributed by atoms with E-state index in [-0.39, 0.29) is 30.2 Å². The molecule has 0 aliphatic carbocycles. The predicted octanol–water partition coefficient (Wildman–Crippen LogP) is 3.52. The Bertz CT molecular complexity index is 1020. The fourth-order valence-corrected chi connectivity index (χ4v) is 4.07. The summed E-state index contributed by atoms with van der Waals surface area (Å²) in [5.41, 5.74) is 2.92. The normalized spacial score (nSPS) is 17.0. The quantitative estimate of drug-likeness (QED) is 0.367. The van der Waals surface area contributed by atoms with Crippen LogP contribution in [0.25, 0.3) is 0 Å². The van der Waals surface area contributed by atoms with Gasteiger partial charge in [-0.3, -0.25) is 15.0 Å². The van der Waals surface area contributed by atoms with Gasteiger partial charge in [-0.2, -0.15) is 0 Å². The fraction of sp³-hybridized carbons (Fsp3) is 0.400. The topological polar surface area (TPSA) is 101 Å². The van der Waals surface area contributed by atoms with Gasteiger partial charge in [0.2, 0.25) is 0 Å². The molecule has 2 aliphatic heterocycles. The summed E-state index contributed by atoms with van der Waals surface area (Å²) in [6.07, 6.45) is 1.01. The molecule has 0 bridgehead atoms. The van der Waals surface area contributed by atoms with Crippen molar-refractivity contribution in [3.05, 3.63) is 59.2 Å². The average Bonchev–Trinajstić information content (AvgIpc) is 2.84. The Kier molecular flexibility index (Phi) is 8.90. The molecular formula is C25H30ClN3O5. The van der Waals surface area contributed by atoms with E-state index in [1.165, 1.54) is 0 Å². The van der Waals surface area contributed by atoms with E-state index in [4.69, 9.17) is 19.6 Å². The molecule has 2 aromatic rings. The molecule has 2 aromatic carbocycles. The standard InChI is InChI=1S/C25H29N3O5.ClH/c1-2-32-23(29)14-17-13-20-15-21(7-8-22(20)33-16-17)27-25(30)19-5-3-18(4-6-19)24(26)28-9-11-31-12-10-28;/h3-8,15,17,26H,2,9-14,16H2,1H3,(H,27,30);1H/t17-;/m0./s1. The van der Waals surface area contributed by atoms with Crippen LogP contribution in [0.3, 0.4) is 0 Å². The van der Waals surface area contributed by atoms with Gasteiger partial charge in [0, 0.05) is 35.8 Å². The number of anilines is 1. The number of hydrogen-bond acceptors (Lipinski definition) is 6.